The number of nitrogen functional groups attached to an aromatic ring is 1. The molecule has 2 aromatic rings. The Morgan fingerprint density at radius 2 is 2.13 bits per heavy atom. The fourth-order valence-corrected chi connectivity index (χ4v) is 1.75. The van der Waals surface area contributed by atoms with E-state index >= 15 is 0 Å². The van der Waals surface area contributed by atoms with E-state index in [2.05, 4.69) is 20.3 Å². The second-order valence-electron chi connectivity index (χ2n) is 2.95. The van der Waals surface area contributed by atoms with Crippen molar-refractivity contribution in [2.75, 3.05) is 17.6 Å². The summed E-state index contributed by atoms with van der Waals surface area (Å²) in [4.78, 5) is 12.2. The molecule has 3 N–H and O–H groups in total. The quantitative estimate of drug-likeness (QED) is 0.810. The van der Waals surface area contributed by atoms with Crippen LogP contribution >= 0.6 is 11.3 Å². The molecule has 0 bridgehead atoms. The smallest absolute Gasteiger partial charge is 0.168 e. The van der Waals surface area contributed by atoms with Gasteiger partial charge in [0.05, 0.1) is 11.2 Å². The van der Waals surface area contributed by atoms with Crippen molar-refractivity contribution in [2.45, 2.75) is 6.42 Å². The first kappa shape index (κ1) is 9.85. The molecule has 0 unspecified atom stereocenters. The van der Waals surface area contributed by atoms with Gasteiger partial charge >= 0.3 is 0 Å². The van der Waals surface area contributed by atoms with Crippen molar-refractivity contribution in [3.8, 4) is 0 Å². The highest BCUT2D eigenvalue weighted by molar-refractivity contribution is 7.07. The number of aromatic nitrogens is 3. The van der Waals surface area contributed by atoms with E-state index in [0.29, 0.717) is 11.6 Å². The molecular weight excluding hydrogens is 210 g/mol. The van der Waals surface area contributed by atoms with Gasteiger partial charge in [0.1, 0.15) is 0 Å². The molecule has 6 heteroatoms. The van der Waals surface area contributed by atoms with Gasteiger partial charge in [0.2, 0.25) is 0 Å². The molecule has 0 fully saturated rings. The molecule has 2 aromatic heterocycles. The SMILES string of the molecule is Nc1nccnc1NCCc1cscn1. The van der Waals surface area contributed by atoms with Gasteiger partial charge in [-0.3, -0.25) is 0 Å². The number of nitrogens with two attached hydrogens (primary N) is 1. The van der Waals surface area contributed by atoms with Crippen molar-refractivity contribution in [1.29, 1.82) is 0 Å². The first-order valence-corrected chi connectivity index (χ1v) is 5.48. The number of hydrogen-bond donors (Lipinski definition) is 2. The van der Waals surface area contributed by atoms with Crippen LogP contribution in [0.1, 0.15) is 5.69 Å². The molecule has 0 radical (unpaired) electrons. The predicted octanol–water partition coefficient (Wildman–Crippen LogP) is 1.17. The zero-order valence-electron chi connectivity index (χ0n) is 8.05. The van der Waals surface area contributed by atoms with Crippen LogP contribution in [0.3, 0.4) is 0 Å². The third kappa shape index (κ3) is 2.63. The van der Waals surface area contributed by atoms with Gasteiger partial charge < -0.3 is 11.1 Å². The van der Waals surface area contributed by atoms with E-state index < -0.39 is 0 Å². The average molecular weight is 221 g/mol. The summed E-state index contributed by atoms with van der Waals surface area (Å²) in [6.07, 6.45) is 4.04. The Morgan fingerprint density at radius 3 is 2.87 bits per heavy atom. The van der Waals surface area contributed by atoms with E-state index in [0.717, 1.165) is 18.7 Å². The molecule has 2 rings (SSSR count). The first-order valence-electron chi connectivity index (χ1n) is 4.53. The summed E-state index contributed by atoms with van der Waals surface area (Å²) >= 11 is 1.60. The highest BCUT2D eigenvalue weighted by Crippen LogP contribution is 2.09. The summed E-state index contributed by atoms with van der Waals surface area (Å²) in [5.74, 6) is 1.06. The van der Waals surface area contributed by atoms with Crippen molar-refractivity contribution >= 4 is 23.0 Å². The Hall–Kier alpha value is -1.69. The summed E-state index contributed by atoms with van der Waals surface area (Å²) in [7, 11) is 0. The molecule has 0 aromatic carbocycles. The maximum Gasteiger partial charge on any atom is 0.168 e. The molecule has 0 saturated carbocycles. The molecule has 0 aliphatic carbocycles. The minimum absolute atomic E-state index is 0.427. The third-order valence-electron chi connectivity index (χ3n) is 1.88. The minimum Gasteiger partial charge on any atom is -0.381 e. The van der Waals surface area contributed by atoms with Crippen LogP contribution in [0, 0.1) is 0 Å². The zero-order chi connectivity index (χ0) is 10.5. The molecule has 78 valence electrons. The summed E-state index contributed by atoms with van der Waals surface area (Å²) in [5.41, 5.74) is 8.53. The van der Waals surface area contributed by atoms with Crippen LogP contribution in [0.5, 0.6) is 0 Å². The van der Waals surface area contributed by atoms with E-state index in [4.69, 9.17) is 5.73 Å². The number of hydrogen-bond acceptors (Lipinski definition) is 6. The standard InChI is InChI=1S/C9H11N5S/c10-8-9(13-4-3-11-8)12-2-1-7-5-15-6-14-7/h3-6H,1-2H2,(H2,10,11)(H,12,13). The van der Waals surface area contributed by atoms with Gasteiger partial charge in [0.25, 0.3) is 0 Å². The lowest BCUT2D eigenvalue weighted by molar-refractivity contribution is 0.966. The van der Waals surface area contributed by atoms with Gasteiger partial charge in [-0.25, -0.2) is 15.0 Å². The predicted molar refractivity (Wildman–Crippen MR) is 60.8 cm³/mol. The second-order valence-corrected chi connectivity index (χ2v) is 3.67. The van der Waals surface area contributed by atoms with Crippen molar-refractivity contribution in [3.05, 3.63) is 29.0 Å². The fraction of sp³-hybridized carbons (Fsp3) is 0.222. The minimum atomic E-state index is 0.427. The van der Waals surface area contributed by atoms with Crippen molar-refractivity contribution in [1.82, 2.24) is 15.0 Å². The topological polar surface area (TPSA) is 76.7 Å². The number of nitrogens with zero attached hydrogens (tertiary/aromatic N) is 3. The molecule has 15 heavy (non-hydrogen) atoms. The van der Waals surface area contributed by atoms with Crippen LogP contribution in [-0.2, 0) is 6.42 Å². The largest absolute Gasteiger partial charge is 0.381 e. The lowest BCUT2D eigenvalue weighted by atomic mass is 10.3. The molecular formula is C9H11N5S. The van der Waals surface area contributed by atoms with Gasteiger partial charge in [-0.2, -0.15) is 0 Å². The monoisotopic (exact) mass is 221 g/mol. The van der Waals surface area contributed by atoms with Gasteiger partial charge in [-0.05, 0) is 0 Å². The van der Waals surface area contributed by atoms with E-state index in [1.165, 1.54) is 0 Å². The average Bonchev–Trinajstić information content (AvgIpc) is 2.74. The Labute approximate surface area is 91.4 Å². The van der Waals surface area contributed by atoms with Crippen LogP contribution in [0.2, 0.25) is 0 Å². The molecule has 0 atom stereocenters. The Kier molecular flexibility index (Phi) is 3.08. The Bertz CT molecular complexity index is 414. The van der Waals surface area contributed by atoms with Crippen LogP contribution in [-0.4, -0.2) is 21.5 Å². The van der Waals surface area contributed by atoms with Crippen LogP contribution in [0.25, 0.3) is 0 Å². The van der Waals surface area contributed by atoms with Crippen LogP contribution in [0.4, 0.5) is 11.6 Å². The number of nitrogens with one attached hydrogen (secondary N) is 1. The van der Waals surface area contributed by atoms with E-state index in [9.17, 15) is 0 Å². The molecule has 0 spiro atoms. The molecule has 5 nitrogen and oxygen atoms in total. The fourth-order valence-electron chi connectivity index (χ4n) is 1.15. The number of rotatable bonds is 4. The van der Waals surface area contributed by atoms with Crippen molar-refractivity contribution < 1.29 is 0 Å². The molecule has 2 heterocycles. The maximum atomic E-state index is 5.63. The lowest BCUT2D eigenvalue weighted by Crippen LogP contribution is -2.09. The molecule has 0 aliphatic rings. The second kappa shape index (κ2) is 4.70. The Balaban J connectivity index is 1.86. The summed E-state index contributed by atoms with van der Waals surface area (Å²) in [6, 6.07) is 0. The van der Waals surface area contributed by atoms with Gasteiger partial charge in [-0.15, -0.1) is 11.3 Å². The molecule has 0 aliphatic heterocycles. The van der Waals surface area contributed by atoms with Gasteiger partial charge in [-0.1, -0.05) is 0 Å². The lowest BCUT2D eigenvalue weighted by Gasteiger charge is -2.05. The maximum absolute atomic E-state index is 5.63. The third-order valence-corrected chi connectivity index (χ3v) is 2.52. The zero-order valence-corrected chi connectivity index (χ0v) is 8.87. The first-order chi connectivity index (χ1) is 7.36. The summed E-state index contributed by atoms with van der Waals surface area (Å²) < 4.78 is 0. The normalized spacial score (nSPS) is 10.1. The van der Waals surface area contributed by atoms with Gasteiger partial charge in [0.15, 0.2) is 11.6 Å². The summed E-state index contributed by atoms with van der Waals surface area (Å²) in [6.45, 7) is 0.757. The van der Waals surface area contributed by atoms with Crippen molar-refractivity contribution in [3.63, 3.8) is 0 Å². The van der Waals surface area contributed by atoms with Crippen LogP contribution < -0.4 is 11.1 Å². The summed E-state index contributed by atoms with van der Waals surface area (Å²) in [5, 5.41) is 5.15. The van der Waals surface area contributed by atoms with E-state index in [1.54, 1.807) is 23.7 Å². The Morgan fingerprint density at radius 1 is 1.27 bits per heavy atom. The van der Waals surface area contributed by atoms with E-state index in [1.807, 2.05) is 10.9 Å². The number of thiazole rings is 1. The highest BCUT2D eigenvalue weighted by atomic mass is 32.1. The molecule has 0 amide bonds. The van der Waals surface area contributed by atoms with Gasteiger partial charge in [0, 0.05) is 30.7 Å². The molecule has 0 saturated heterocycles. The van der Waals surface area contributed by atoms with Crippen molar-refractivity contribution in [2.24, 2.45) is 0 Å². The highest BCUT2D eigenvalue weighted by Gasteiger charge is 2.00. The van der Waals surface area contributed by atoms with Crippen LogP contribution in [0.15, 0.2) is 23.3 Å². The number of anilines is 2. The van der Waals surface area contributed by atoms with E-state index in [-0.39, 0.29) is 0 Å².